The van der Waals surface area contributed by atoms with Gasteiger partial charge in [-0.15, -0.1) is 0 Å². The molecule has 8 nitrogen and oxygen atoms in total. The normalized spacial score (nSPS) is 12.9. The van der Waals surface area contributed by atoms with Crippen molar-refractivity contribution in [3.8, 4) is 11.5 Å². The Kier molecular flexibility index (Phi) is 5.14. The number of carbonyl (C=O) groups excluding carboxylic acids is 1. The zero-order valence-corrected chi connectivity index (χ0v) is 17.7. The van der Waals surface area contributed by atoms with Crippen molar-refractivity contribution in [3.63, 3.8) is 0 Å². The number of rotatable bonds is 5. The third-order valence-corrected chi connectivity index (χ3v) is 5.65. The van der Waals surface area contributed by atoms with Gasteiger partial charge in [-0.3, -0.25) is 9.78 Å². The molecule has 0 saturated carbocycles. The van der Waals surface area contributed by atoms with Crippen LogP contribution in [0.5, 0.6) is 0 Å². The van der Waals surface area contributed by atoms with Gasteiger partial charge >= 0.3 is 0 Å². The van der Waals surface area contributed by atoms with Crippen molar-refractivity contribution >= 4 is 39.8 Å². The van der Waals surface area contributed by atoms with Gasteiger partial charge in [0.05, 0.1) is 17.6 Å². The average molecular weight is 410 g/mol. The maximum atomic E-state index is 11.7. The molecule has 0 bridgehead atoms. The Balaban J connectivity index is 1.57. The summed E-state index contributed by atoms with van der Waals surface area (Å²) in [7, 11) is 1.71. The van der Waals surface area contributed by atoms with Crippen molar-refractivity contribution in [1.29, 1.82) is 0 Å². The molecule has 150 valence electrons. The topological polar surface area (TPSA) is 87.1 Å². The zero-order chi connectivity index (χ0) is 20.5. The van der Waals surface area contributed by atoms with Gasteiger partial charge in [-0.25, -0.2) is 4.98 Å². The first-order chi connectivity index (χ1) is 13.9. The summed E-state index contributed by atoms with van der Waals surface area (Å²) in [4.78, 5) is 29.1. The average Bonchev–Trinajstić information content (AvgIpc) is 3.34. The summed E-state index contributed by atoms with van der Waals surface area (Å²) in [6.45, 7) is 6.91. The lowest BCUT2D eigenvalue weighted by atomic mass is 10.2. The number of hydrogen-bond acceptors (Lipinski definition) is 8. The number of fused-ring (bicyclic) bond motifs is 1. The molecule has 29 heavy (non-hydrogen) atoms. The van der Waals surface area contributed by atoms with Gasteiger partial charge in [0.1, 0.15) is 5.69 Å². The molecule has 1 aliphatic heterocycles. The molecular formula is C20H23N7OS. The van der Waals surface area contributed by atoms with E-state index in [-0.39, 0.29) is 5.91 Å². The number of pyridine rings is 2. The molecule has 0 radical (unpaired) electrons. The number of aromatic nitrogens is 4. The molecule has 0 aliphatic carbocycles. The third-order valence-electron chi connectivity index (χ3n) is 5.02. The molecule has 4 heterocycles. The Morgan fingerprint density at radius 2 is 2.17 bits per heavy atom. The Labute approximate surface area is 173 Å². The van der Waals surface area contributed by atoms with E-state index in [1.165, 1.54) is 29.7 Å². The van der Waals surface area contributed by atoms with E-state index in [0.717, 1.165) is 18.7 Å². The number of nitrogens with zero attached hydrogens (tertiary/aromatic N) is 6. The lowest BCUT2D eigenvalue weighted by Crippen LogP contribution is -2.28. The van der Waals surface area contributed by atoms with Crippen molar-refractivity contribution in [3.05, 3.63) is 36.2 Å². The van der Waals surface area contributed by atoms with E-state index in [2.05, 4.69) is 49.5 Å². The maximum Gasteiger partial charge on any atom is 0.223 e. The second kappa shape index (κ2) is 7.75. The van der Waals surface area contributed by atoms with Crippen molar-refractivity contribution in [1.82, 2.24) is 19.3 Å². The molecule has 0 fully saturated rings. The minimum Gasteiger partial charge on any atom is -0.367 e. The van der Waals surface area contributed by atoms with Crippen LogP contribution in [0.1, 0.15) is 26.3 Å². The minimum absolute atomic E-state index is 0.0724. The van der Waals surface area contributed by atoms with Gasteiger partial charge in [0.2, 0.25) is 11.0 Å². The van der Waals surface area contributed by atoms with Crippen LogP contribution in [0.15, 0.2) is 30.6 Å². The molecule has 9 heteroatoms. The highest BCUT2D eigenvalue weighted by Gasteiger charge is 2.23. The Morgan fingerprint density at radius 3 is 2.93 bits per heavy atom. The molecule has 3 aromatic heterocycles. The fraction of sp³-hybridized carbons (Fsp3) is 0.350. The fourth-order valence-corrected chi connectivity index (χ4v) is 3.96. The summed E-state index contributed by atoms with van der Waals surface area (Å²) in [5.74, 6) is 1.07. The molecular weight excluding hydrogens is 386 g/mol. The summed E-state index contributed by atoms with van der Waals surface area (Å²) in [6.07, 6.45) is 4.60. The Hall–Kier alpha value is -3.07. The first-order valence-electron chi connectivity index (χ1n) is 9.50. The van der Waals surface area contributed by atoms with Crippen LogP contribution in [0, 0.1) is 0 Å². The highest BCUT2D eigenvalue weighted by Crippen LogP contribution is 2.32. The van der Waals surface area contributed by atoms with Crippen molar-refractivity contribution < 1.29 is 4.79 Å². The number of nitrogens with one attached hydrogen (secondary N) is 1. The van der Waals surface area contributed by atoms with Crippen molar-refractivity contribution in [2.24, 2.45) is 0 Å². The van der Waals surface area contributed by atoms with Gasteiger partial charge in [0, 0.05) is 44.3 Å². The van der Waals surface area contributed by atoms with E-state index in [1.807, 2.05) is 12.3 Å². The van der Waals surface area contributed by atoms with E-state index in [4.69, 9.17) is 0 Å². The minimum atomic E-state index is -0.0724. The monoisotopic (exact) mass is 409 g/mol. The van der Waals surface area contributed by atoms with Gasteiger partial charge in [-0.05, 0) is 44.0 Å². The highest BCUT2D eigenvalue weighted by molar-refractivity contribution is 7.09. The van der Waals surface area contributed by atoms with Crippen LogP contribution < -0.4 is 15.1 Å². The summed E-state index contributed by atoms with van der Waals surface area (Å²) in [6, 6.07) is 6.17. The zero-order valence-electron chi connectivity index (χ0n) is 16.9. The van der Waals surface area contributed by atoms with Gasteiger partial charge < -0.3 is 15.1 Å². The van der Waals surface area contributed by atoms with Crippen molar-refractivity contribution in [2.75, 3.05) is 28.7 Å². The summed E-state index contributed by atoms with van der Waals surface area (Å²) in [5.41, 5.74) is 3.92. The molecule has 0 atom stereocenters. The number of hydrogen-bond donors (Lipinski definition) is 1. The molecule has 3 aromatic rings. The van der Waals surface area contributed by atoms with Crippen LogP contribution in [0.2, 0.25) is 0 Å². The fourth-order valence-electron chi connectivity index (χ4n) is 3.38. The number of anilines is 4. The Morgan fingerprint density at radius 1 is 1.34 bits per heavy atom. The first-order valence-corrected chi connectivity index (χ1v) is 10.3. The van der Waals surface area contributed by atoms with E-state index < -0.39 is 0 Å². The largest absolute Gasteiger partial charge is 0.367 e. The molecule has 1 amide bonds. The molecule has 0 aromatic carbocycles. The molecule has 0 saturated heterocycles. The van der Waals surface area contributed by atoms with Crippen LogP contribution in [-0.2, 0) is 11.2 Å². The number of carbonyl (C=O) groups is 1. The van der Waals surface area contributed by atoms with Crippen LogP contribution in [-0.4, -0.2) is 44.9 Å². The van der Waals surface area contributed by atoms with E-state index in [9.17, 15) is 4.79 Å². The van der Waals surface area contributed by atoms with Crippen LogP contribution >= 0.6 is 11.5 Å². The molecule has 0 unspecified atom stereocenters. The summed E-state index contributed by atoms with van der Waals surface area (Å²) < 4.78 is 4.46. The maximum absolute atomic E-state index is 11.7. The third kappa shape index (κ3) is 3.77. The van der Waals surface area contributed by atoms with Gasteiger partial charge in [0.25, 0.3) is 0 Å². The predicted octanol–water partition coefficient (Wildman–Crippen LogP) is 3.49. The lowest BCUT2D eigenvalue weighted by Gasteiger charge is -2.23. The second-order valence-electron chi connectivity index (χ2n) is 7.23. The highest BCUT2D eigenvalue weighted by atomic mass is 32.1. The smallest absolute Gasteiger partial charge is 0.223 e. The van der Waals surface area contributed by atoms with Crippen LogP contribution in [0.4, 0.5) is 22.3 Å². The van der Waals surface area contributed by atoms with E-state index in [1.54, 1.807) is 24.2 Å². The lowest BCUT2D eigenvalue weighted by molar-refractivity contribution is -0.116. The quantitative estimate of drug-likeness (QED) is 0.690. The number of amides is 1. The van der Waals surface area contributed by atoms with E-state index >= 15 is 0 Å². The first kappa shape index (κ1) is 19.3. The van der Waals surface area contributed by atoms with E-state index in [0.29, 0.717) is 28.5 Å². The molecule has 4 rings (SSSR count). The van der Waals surface area contributed by atoms with Crippen LogP contribution in [0.25, 0.3) is 11.5 Å². The van der Waals surface area contributed by atoms with Crippen LogP contribution in [0.3, 0.4) is 0 Å². The SMILES string of the molecule is CC(=O)N(C)c1cccnc1Nc1nc(-c2cc3c(cn2)N(C(C)C)CC3)ns1. The van der Waals surface area contributed by atoms with Crippen molar-refractivity contribution in [2.45, 2.75) is 33.2 Å². The standard InChI is InChI=1S/C20H23N7OS/c1-12(2)27-9-7-14-10-15(22-11-17(14)27)18-23-20(29-25-18)24-19-16(6-5-8-21-19)26(4)13(3)28/h5-6,8,10-12H,7,9H2,1-4H3,(H,21,23,24,25). The Bertz CT molecular complexity index is 1050. The van der Waals surface area contributed by atoms with Gasteiger partial charge in [0.15, 0.2) is 11.6 Å². The van der Waals surface area contributed by atoms with Gasteiger partial charge in [-0.2, -0.15) is 9.36 Å². The summed E-state index contributed by atoms with van der Waals surface area (Å²) >= 11 is 1.24. The second-order valence-corrected chi connectivity index (χ2v) is 7.98. The molecule has 0 spiro atoms. The molecule has 1 aliphatic rings. The van der Waals surface area contributed by atoms with Gasteiger partial charge in [-0.1, -0.05) is 0 Å². The summed E-state index contributed by atoms with van der Waals surface area (Å²) in [5, 5.41) is 3.78. The molecule has 1 N–H and O–H groups in total. The predicted molar refractivity (Wildman–Crippen MR) is 116 cm³/mol.